The van der Waals surface area contributed by atoms with Gasteiger partial charge in [-0.05, 0) is 18.2 Å². The van der Waals surface area contributed by atoms with E-state index in [1.54, 1.807) is 6.08 Å². The van der Waals surface area contributed by atoms with Crippen LogP contribution in [-0.4, -0.2) is 5.91 Å². The van der Waals surface area contributed by atoms with E-state index in [9.17, 15) is 4.79 Å². The summed E-state index contributed by atoms with van der Waals surface area (Å²) in [4.78, 5) is 10.7. The second-order valence-electron chi connectivity index (χ2n) is 2.65. The van der Waals surface area contributed by atoms with E-state index in [-0.39, 0.29) is 5.91 Å². The molecule has 3 nitrogen and oxygen atoms in total. The monoisotopic (exact) mass is 164 g/mol. The van der Waals surface area contributed by atoms with Gasteiger partial charge in [0.2, 0.25) is 5.91 Å². The molecule has 3 N–H and O–H groups in total. The number of allylic oxidation sites excluding steroid dienone is 4. The van der Waals surface area contributed by atoms with Gasteiger partial charge in [0.05, 0.1) is 0 Å². The lowest BCUT2D eigenvalue weighted by Crippen LogP contribution is -2.18. The van der Waals surface area contributed by atoms with Gasteiger partial charge in [-0.3, -0.25) is 4.79 Å². The molecule has 64 valence electrons. The maximum absolute atomic E-state index is 10.7. The molecule has 3 heteroatoms. The topological polar surface area (TPSA) is 55.1 Å². The van der Waals surface area contributed by atoms with Crippen molar-refractivity contribution in [2.45, 2.75) is 13.3 Å². The Kier molecular flexibility index (Phi) is 2.69. The van der Waals surface area contributed by atoms with Crippen LogP contribution in [0.3, 0.4) is 0 Å². The maximum Gasteiger partial charge on any atom is 0.221 e. The molecule has 0 bridgehead atoms. The standard InChI is InChI=1S/C9H12N2O/c1-7(12)11-9-4-2-3-8(10)5-6-9/h2-3,5-6H,4,10H2,1H3,(H,11,12). The highest BCUT2D eigenvalue weighted by Gasteiger charge is 1.98. The first-order valence-corrected chi connectivity index (χ1v) is 3.79. The van der Waals surface area contributed by atoms with Crippen LogP contribution in [0, 0.1) is 0 Å². The van der Waals surface area contributed by atoms with Crippen LogP contribution in [0.15, 0.2) is 35.7 Å². The number of nitrogens with two attached hydrogens (primary N) is 1. The summed E-state index contributed by atoms with van der Waals surface area (Å²) in [6.07, 6.45) is 8.05. The van der Waals surface area contributed by atoms with Gasteiger partial charge in [-0.1, -0.05) is 6.08 Å². The number of amides is 1. The zero-order valence-corrected chi connectivity index (χ0v) is 7.00. The summed E-state index contributed by atoms with van der Waals surface area (Å²) in [5, 5.41) is 2.71. The minimum atomic E-state index is -0.0523. The second kappa shape index (κ2) is 3.76. The van der Waals surface area contributed by atoms with Gasteiger partial charge in [0, 0.05) is 24.7 Å². The zero-order valence-electron chi connectivity index (χ0n) is 7.00. The van der Waals surface area contributed by atoms with Crippen molar-refractivity contribution in [2.75, 3.05) is 0 Å². The lowest BCUT2D eigenvalue weighted by atomic mass is 10.3. The van der Waals surface area contributed by atoms with Gasteiger partial charge in [-0.25, -0.2) is 0 Å². The second-order valence-corrected chi connectivity index (χ2v) is 2.65. The van der Waals surface area contributed by atoms with E-state index in [0.29, 0.717) is 5.70 Å². The third-order valence-corrected chi connectivity index (χ3v) is 1.46. The molecule has 0 unspecified atom stereocenters. The van der Waals surface area contributed by atoms with E-state index in [1.165, 1.54) is 6.92 Å². The molecule has 0 heterocycles. The lowest BCUT2D eigenvalue weighted by molar-refractivity contribution is -0.118. The summed E-state index contributed by atoms with van der Waals surface area (Å²) in [5.74, 6) is -0.0523. The number of rotatable bonds is 1. The summed E-state index contributed by atoms with van der Waals surface area (Å²) in [5.41, 5.74) is 7.12. The number of carbonyl (C=O) groups excluding carboxylic acids is 1. The van der Waals surface area contributed by atoms with E-state index in [4.69, 9.17) is 5.73 Å². The minimum absolute atomic E-state index is 0.0523. The Morgan fingerprint density at radius 3 is 3.00 bits per heavy atom. The van der Waals surface area contributed by atoms with Gasteiger partial charge < -0.3 is 11.1 Å². The maximum atomic E-state index is 10.7. The van der Waals surface area contributed by atoms with Crippen molar-refractivity contribution in [3.63, 3.8) is 0 Å². The van der Waals surface area contributed by atoms with Crippen molar-refractivity contribution in [3.8, 4) is 0 Å². The highest BCUT2D eigenvalue weighted by atomic mass is 16.1. The summed E-state index contributed by atoms with van der Waals surface area (Å²) in [6.45, 7) is 1.49. The molecule has 1 amide bonds. The van der Waals surface area contributed by atoms with Crippen molar-refractivity contribution >= 4 is 5.91 Å². The first-order chi connectivity index (χ1) is 5.68. The Balaban J connectivity index is 2.68. The molecule has 12 heavy (non-hydrogen) atoms. The van der Waals surface area contributed by atoms with Crippen LogP contribution in [0.2, 0.25) is 0 Å². The van der Waals surface area contributed by atoms with Crippen molar-refractivity contribution in [1.82, 2.24) is 5.32 Å². The zero-order chi connectivity index (χ0) is 8.97. The first kappa shape index (κ1) is 8.59. The van der Waals surface area contributed by atoms with Gasteiger partial charge in [0.25, 0.3) is 0 Å². The largest absolute Gasteiger partial charge is 0.399 e. The fourth-order valence-electron chi connectivity index (χ4n) is 0.961. The Morgan fingerprint density at radius 2 is 2.33 bits per heavy atom. The Morgan fingerprint density at radius 1 is 1.58 bits per heavy atom. The summed E-state index contributed by atoms with van der Waals surface area (Å²) in [6, 6.07) is 0. The summed E-state index contributed by atoms with van der Waals surface area (Å²) >= 11 is 0. The quantitative estimate of drug-likeness (QED) is 0.602. The third-order valence-electron chi connectivity index (χ3n) is 1.46. The van der Waals surface area contributed by atoms with Crippen LogP contribution in [0.25, 0.3) is 0 Å². The van der Waals surface area contributed by atoms with Crippen LogP contribution in [0.4, 0.5) is 0 Å². The Bertz CT molecular complexity index is 274. The molecule has 0 aromatic rings. The Hall–Kier alpha value is -1.51. The van der Waals surface area contributed by atoms with Crippen molar-refractivity contribution in [2.24, 2.45) is 5.73 Å². The average molecular weight is 164 g/mol. The lowest BCUT2D eigenvalue weighted by Gasteiger charge is -2.02. The molecular formula is C9H12N2O. The van der Waals surface area contributed by atoms with Crippen molar-refractivity contribution < 1.29 is 4.79 Å². The number of nitrogens with one attached hydrogen (secondary N) is 1. The van der Waals surface area contributed by atoms with Crippen LogP contribution in [-0.2, 0) is 4.79 Å². The van der Waals surface area contributed by atoms with Crippen LogP contribution < -0.4 is 11.1 Å². The van der Waals surface area contributed by atoms with E-state index in [1.807, 2.05) is 18.2 Å². The molecule has 0 aliphatic heterocycles. The smallest absolute Gasteiger partial charge is 0.221 e. The predicted octanol–water partition coefficient (Wildman–Crippen LogP) is 0.809. The normalized spacial score (nSPS) is 16.1. The molecule has 1 rings (SSSR count). The predicted molar refractivity (Wildman–Crippen MR) is 47.9 cm³/mol. The molecular weight excluding hydrogens is 152 g/mol. The summed E-state index contributed by atoms with van der Waals surface area (Å²) in [7, 11) is 0. The van der Waals surface area contributed by atoms with Crippen LogP contribution in [0.1, 0.15) is 13.3 Å². The van der Waals surface area contributed by atoms with Gasteiger partial charge in [-0.15, -0.1) is 0 Å². The molecule has 0 saturated carbocycles. The minimum Gasteiger partial charge on any atom is -0.399 e. The van der Waals surface area contributed by atoms with Gasteiger partial charge in [0.15, 0.2) is 0 Å². The molecule has 0 aromatic heterocycles. The van der Waals surface area contributed by atoms with Crippen LogP contribution in [0.5, 0.6) is 0 Å². The van der Waals surface area contributed by atoms with Gasteiger partial charge >= 0.3 is 0 Å². The molecule has 0 spiro atoms. The first-order valence-electron chi connectivity index (χ1n) is 3.79. The molecule has 0 saturated heterocycles. The number of carbonyl (C=O) groups is 1. The van der Waals surface area contributed by atoms with Crippen molar-refractivity contribution in [3.05, 3.63) is 35.7 Å². The molecule has 1 aliphatic carbocycles. The summed E-state index contributed by atoms with van der Waals surface area (Å²) < 4.78 is 0. The van der Waals surface area contributed by atoms with Gasteiger partial charge in [0.1, 0.15) is 0 Å². The average Bonchev–Trinajstić information content (AvgIpc) is 2.15. The fraction of sp³-hybridized carbons (Fsp3) is 0.222. The van der Waals surface area contributed by atoms with Crippen LogP contribution >= 0.6 is 0 Å². The Labute approximate surface area is 71.6 Å². The van der Waals surface area contributed by atoms with Gasteiger partial charge in [-0.2, -0.15) is 0 Å². The van der Waals surface area contributed by atoms with E-state index in [0.717, 1.165) is 12.1 Å². The molecule has 1 aliphatic rings. The molecule has 0 aromatic carbocycles. The number of hydrogen-bond donors (Lipinski definition) is 2. The molecule has 0 radical (unpaired) electrons. The molecule has 0 fully saturated rings. The highest BCUT2D eigenvalue weighted by molar-refractivity contribution is 5.75. The van der Waals surface area contributed by atoms with E-state index >= 15 is 0 Å². The SMILES string of the molecule is CC(=O)NC1=CC=C(N)C=CC1. The fourth-order valence-corrected chi connectivity index (χ4v) is 0.961. The number of hydrogen-bond acceptors (Lipinski definition) is 2. The highest BCUT2D eigenvalue weighted by Crippen LogP contribution is 2.05. The third kappa shape index (κ3) is 2.62. The molecule has 0 atom stereocenters. The van der Waals surface area contributed by atoms with E-state index < -0.39 is 0 Å². The van der Waals surface area contributed by atoms with Crippen molar-refractivity contribution in [1.29, 1.82) is 0 Å². The van der Waals surface area contributed by atoms with E-state index in [2.05, 4.69) is 5.32 Å².